The molecule has 3 aromatic rings. The second-order valence-electron chi connectivity index (χ2n) is 6.02. The molecule has 1 heterocycles. The van der Waals surface area contributed by atoms with Crippen LogP contribution in [0.4, 0.5) is 28.8 Å². The van der Waals surface area contributed by atoms with Gasteiger partial charge >= 0.3 is 0 Å². The largest absolute Gasteiger partial charge is 0.497 e. The van der Waals surface area contributed by atoms with E-state index in [9.17, 15) is 0 Å². The van der Waals surface area contributed by atoms with Gasteiger partial charge in [0.1, 0.15) is 17.3 Å². The van der Waals surface area contributed by atoms with Gasteiger partial charge < -0.3 is 25.0 Å². The third kappa shape index (κ3) is 4.58. The smallest absolute Gasteiger partial charge is 0.229 e. The van der Waals surface area contributed by atoms with E-state index in [1.807, 2.05) is 62.6 Å². The fourth-order valence-electron chi connectivity index (χ4n) is 2.51. The number of aromatic nitrogens is 2. The summed E-state index contributed by atoms with van der Waals surface area (Å²) in [6, 6.07) is 15.4. The highest BCUT2D eigenvalue weighted by atomic mass is 16.5. The van der Waals surface area contributed by atoms with Gasteiger partial charge in [-0.1, -0.05) is 0 Å². The van der Waals surface area contributed by atoms with Crippen LogP contribution in [0.3, 0.4) is 0 Å². The maximum absolute atomic E-state index is 5.38. The maximum atomic E-state index is 5.38. The van der Waals surface area contributed by atoms with Crippen LogP contribution in [0.25, 0.3) is 0 Å². The zero-order valence-corrected chi connectivity index (χ0v) is 15.9. The van der Waals surface area contributed by atoms with Crippen LogP contribution in [0.2, 0.25) is 0 Å². The normalized spacial score (nSPS) is 10.2. The lowest BCUT2D eigenvalue weighted by molar-refractivity contribution is 0.405. The number of nitrogens with one attached hydrogen (secondary N) is 2. The molecule has 0 unspecified atom stereocenters. The predicted octanol–water partition coefficient (Wildman–Crippen LogP) is 4.05. The van der Waals surface area contributed by atoms with Crippen LogP contribution in [0, 0.1) is 0 Å². The Hall–Kier alpha value is -3.48. The number of hydrogen-bond acceptors (Lipinski definition) is 7. The molecule has 3 rings (SSSR count). The molecule has 0 radical (unpaired) electrons. The molecule has 2 N–H and O–H groups in total. The van der Waals surface area contributed by atoms with Gasteiger partial charge in [-0.25, -0.2) is 4.98 Å². The van der Waals surface area contributed by atoms with Crippen molar-refractivity contribution >= 4 is 28.8 Å². The van der Waals surface area contributed by atoms with Gasteiger partial charge in [-0.05, 0) is 42.5 Å². The Kier molecular flexibility index (Phi) is 5.61. The van der Waals surface area contributed by atoms with Crippen molar-refractivity contribution in [2.75, 3.05) is 43.8 Å². The van der Waals surface area contributed by atoms with Gasteiger partial charge in [0.2, 0.25) is 5.95 Å². The van der Waals surface area contributed by atoms with E-state index in [2.05, 4.69) is 25.5 Å². The van der Waals surface area contributed by atoms with E-state index < -0.39 is 0 Å². The summed E-state index contributed by atoms with van der Waals surface area (Å²) in [5, 5.41) is 6.46. The average molecular weight is 365 g/mol. The number of anilines is 5. The molecule has 0 bridgehead atoms. The van der Waals surface area contributed by atoms with Crippen molar-refractivity contribution in [3.63, 3.8) is 0 Å². The third-order valence-corrected chi connectivity index (χ3v) is 3.96. The summed E-state index contributed by atoms with van der Waals surface area (Å²) in [4.78, 5) is 10.8. The minimum atomic E-state index is 0.455. The lowest BCUT2D eigenvalue weighted by atomic mass is 10.2. The van der Waals surface area contributed by atoms with Crippen LogP contribution in [-0.4, -0.2) is 38.3 Å². The fraction of sp³-hybridized carbons (Fsp3) is 0.200. The first-order chi connectivity index (χ1) is 13.1. The Morgan fingerprint density at radius 1 is 0.889 bits per heavy atom. The van der Waals surface area contributed by atoms with E-state index in [1.54, 1.807) is 20.4 Å². The minimum Gasteiger partial charge on any atom is -0.497 e. The molecular weight excluding hydrogens is 342 g/mol. The topological polar surface area (TPSA) is 71.5 Å². The molecule has 0 atom stereocenters. The Bertz CT molecular complexity index is 897. The molecule has 0 amide bonds. The first kappa shape index (κ1) is 18.3. The lowest BCUT2D eigenvalue weighted by Crippen LogP contribution is -2.08. The van der Waals surface area contributed by atoms with Crippen LogP contribution in [0.15, 0.2) is 54.7 Å². The average Bonchev–Trinajstić information content (AvgIpc) is 2.68. The molecule has 0 aliphatic heterocycles. The van der Waals surface area contributed by atoms with Gasteiger partial charge in [-0.2, -0.15) is 4.98 Å². The minimum absolute atomic E-state index is 0.455. The van der Waals surface area contributed by atoms with E-state index in [1.165, 1.54) is 0 Å². The van der Waals surface area contributed by atoms with Crippen molar-refractivity contribution in [3.8, 4) is 11.5 Å². The molecular formula is C20H23N5O2. The van der Waals surface area contributed by atoms with Gasteiger partial charge in [-0.3, -0.25) is 0 Å². The Balaban J connectivity index is 1.78. The summed E-state index contributed by atoms with van der Waals surface area (Å²) in [5.41, 5.74) is 2.81. The highest BCUT2D eigenvalue weighted by molar-refractivity contribution is 5.66. The molecule has 0 saturated carbocycles. The van der Waals surface area contributed by atoms with E-state index in [-0.39, 0.29) is 0 Å². The molecule has 27 heavy (non-hydrogen) atoms. The Labute approximate surface area is 159 Å². The lowest BCUT2D eigenvalue weighted by Gasteiger charge is -2.14. The van der Waals surface area contributed by atoms with Crippen LogP contribution >= 0.6 is 0 Å². The van der Waals surface area contributed by atoms with Crippen LogP contribution in [0.5, 0.6) is 11.5 Å². The fourth-order valence-corrected chi connectivity index (χ4v) is 2.51. The molecule has 0 saturated heterocycles. The number of rotatable bonds is 7. The van der Waals surface area contributed by atoms with Crippen molar-refractivity contribution in [1.29, 1.82) is 0 Å². The van der Waals surface area contributed by atoms with Crippen LogP contribution in [-0.2, 0) is 0 Å². The van der Waals surface area contributed by atoms with Crippen molar-refractivity contribution in [3.05, 3.63) is 54.7 Å². The molecule has 0 fully saturated rings. The van der Waals surface area contributed by atoms with Gasteiger partial charge in [-0.15, -0.1) is 0 Å². The number of benzene rings is 2. The van der Waals surface area contributed by atoms with Crippen LogP contribution < -0.4 is 25.0 Å². The molecule has 0 aliphatic rings. The number of nitrogens with zero attached hydrogens (tertiary/aromatic N) is 3. The highest BCUT2D eigenvalue weighted by Gasteiger charge is 2.08. The Morgan fingerprint density at radius 3 is 2.33 bits per heavy atom. The first-order valence-corrected chi connectivity index (χ1v) is 8.45. The number of methoxy groups -OCH3 is 2. The van der Waals surface area contributed by atoms with Gasteiger partial charge in [0.15, 0.2) is 0 Å². The summed E-state index contributed by atoms with van der Waals surface area (Å²) >= 11 is 0. The van der Waals surface area contributed by atoms with Crippen molar-refractivity contribution in [2.45, 2.75) is 0 Å². The predicted molar refractivity (Wildman–Crippen MR) is 109 cm³/mol. The molecule has 7 nitrogen and oxygen atoms in total. The van der Waals surface area contributed by atoms with E-state index in [0.717, 1.165) is 17.1 Å². The van der Waals surface area contributed by atoms with E-state index >= 15 is 0 Å². The molecule has 7 heteroatoms. The summed E-state index contributed by atoms with van der Waals surface area (Å²) in [5.74, 6) is 2.54. The standard InChI is InChI=1S/C20H23N5O2/c1-25(2)15-7-5-14(6-8-15)22-19-11-12-21-20(24-19)23-17-13-16(26-3)9-10-18(17)27-4/h5-13H,1-4H3,(H2,21,22,23,24). The van der Waals surface area contributed by atoms with Gasteiger partial charge in [0.05, 0.1) is 19.9 Å². The second-order valence-corrected chi connectivity index (χ2v) is 6.02. The monoisotopic (exact) mass is 365 g/mol. The summed E-state index contributed by atoms with van der Waals surface area (Å²) < 4.78 is 10.6. The molecule has 140 valence electrons. The number of ether oxygens (including phenoxy) is 2. The van der Waals surface area contributed by atoms with Crippen LogP contribution in [0.1, 0.15) is 0 Å². The molecule has 1 aromatic heterocycles. The first-order valence-electron chi connectivity index (χ1n) is 8.45. The summed E-state index contributed by atoms with van der Waals surface area (Å²) in [7, 11) is 7.26. The third-order valence-electron chi connectivity index (χ3n) is 3.96. The molecule has 0 spiro atoms. The zero-order valence-electron chi connectivity index (χ0n) is 15.9. The molecule has 0 aliphatic carbocycles. The summed E-state index contributed by atoms with van der Waals surface area (Å²) in [6.07, 6.45) is 1.69. The van der Waals surface area contributed by atoms with Gasteiger partial charge in [0.25, 0.3) is 0 Å². The summed E-state index contributed by atoms with van der Waals surface area (Å²) in [6.45, 7) is 0. The SMILES string of the molecule is COc1ccc(OC)c(Nc2nccc(Nc3ccc(N(C)C)cc3)n2)c1. The zero-order chi connectivity index (χ0) is 19.2. The highest BCUT2D eigenvalue weighted by Crippen LogP contribution is 2.31. The second kappa shape index (κ2) is 8.27. The van der Waals surface area contributed by atoms with Crippen molar-refractivity contribution in [2.24, 2.45) is 0 Å². The van der Waals surface area contributed by atoms with E-state index in [0.29, 0.717) is 23.3 Å². The molecule has 2 aromatic carbocycles. The van der Waals surface area contributed by atoms with Crippen molar-refractivity contribution in [1.82, 2.24) is 9.97 Å². The number of hydrogen-bond donors (Lipinski definition) is 2. The maximum Gasteiger partial charge on any atom is 0.229 e. The van der Waals surface area contributed by atoms with Gasteiger partial charge in [0, 0.05) is 37.7 Å². The van der Waals surface area contributed by atoms with Crippen molar-refractivity contribution < 1.29 is 9.47 Å². The quantitative estimate of drug-likeness (QED) is 0.654. The van der Waals surface area contributed by atoms with E-state index in [4.69, 9.17) is 9.47 Å². The Morgan fingerprint density at radius 2 is 1.67 bits per heavy atom.